The third-order valence-electron chi connectivity index (χ3n) is 4.76. The molecule has 0 aliphatic carbocycles. The summed E-state index contributed by atoms with van der Waals surface area (Å²) in [5.41, 5.74) is 1.88. The monoisotopic (exact) mass is 409 g/mol. The van der Waals surface area contributed by atoms with Crippen molar-refractivity contribution < 1.29 is 18.8 Å². The summed E-state index contributed by atoms with van der Waals surface area (Å²) in [5.74, 6) is 2.42. The highest BCUT2D eigenvalue weighted by Crippen LogP contribution is 2.27. The van der Waals surface area contributed by atoms with E-state index in [0.29, 0.717) is 17.6 Å². The second-order valence-electron chi connectivity index (χ2n) is 7.39. The van der Waals surface area contributed by atoms with Crippen LogP contribution in [-0.4, -0.2) is 41.2 Å². The molecule has 0 bridgehead atoms. The predicted molar refractivity (Wildman–Crippen MR) is 113 cm³/mol. The van der Waals surface area contributed by atoms with Crippen LogP contribution in [0, 0.1) is 0 Å². The Kier molecular flexibility index (Phi) is 6.72. The summed E-state index contributed by atoms with van der Waals surface area (Å²) >= 11 is 0. The lowest BCUT2D eigenvalue weighted by Crippen LogP contribution is -2.37. The smallest absolute Gasteiger partial charge is 0.263 e. The van der Waals surface area contributed by atoms with Crippen LogP contribution in [0.5, 0.6) is 11.5 Å². The van der Waals surface area contributed by atoms with Crippen molar-refractivity contribution in [2.75, 3.05) is 14.2 Å². The molecule has 0 saturated heterocycles. The quantitative estimate of drug-likeness (QED) is 0.552. The van der Waals surface area contributed by atoms with Gasteiger partial charge >= 0.3 is 0 Å². The molecule has 0 unspecified atom stereocenters. The van der Waals surface area contributed by atoms with Crippen molar-refractivity contribution >= 4 is 5.91 Å². The maximum absolute atomic E-state index is 12.8. The molecule has 3 aromatic rings. The van der Waals surface area contributed by atoms with Gasteiger partial charge < -0.3 is 18.9 Å². The molecule has 0 radical (unpaired) electrons. The first-order chi connectivity index (χ1) is 14.4. The van der Waals surface area contributed by atoms with E-state index < -0.39 is 6.10 Å². The Morgan fingerprint density at radius 3 is 2.47 bits per heavy atom. The van der Waals surface area contributed by atoms with Gasteiger partial charge in [0.2, 0.25) is 11.7 Å². The van der Waals surface area contributed by atoms with Crippen LogP contribution in [0.4, 0.5) is 0 Å². The Morgan fingerprint density at radius 2 is 1.80 bits per heavy atom. The van der Waals surface area contributed by atoms with Gasteiger partial charge in [0.1, 0.15) is 11.5 Å². The van der Waals surface area contributed by atoms with Crippen molar-refractivity contribution in [3.05, 3.63) is 60.0 Å². The van der Waals surface area contributed by atoms with Gasteiger partial charge in [0.05, 0.1) is 13.7 Å². The Bertz CT molecular complexity index is 982. The fraction of sp³-hybridized carbons (Fsp3) is 0.348. The topological polar surface area (TPSA) is 77.7 Å². The molecule has 30 heavy (non-hydrogen) atoms. The summed E-state index contributed by atoms with van der Waals surface area (Å²) in [6.45, 7) is 6.13. The predicted octanol–water partition coefficient (Wildman–Crippen LogP) is 4.29. The number of methoxy groups -OCH3 is 1. The van der Waals surface area contributed by atoms with E-state index in [1.165, 1.54) is 4.90 Å². The number of benzene rings is 2. The van der Waals surface area contributed by atoms with Crippen LogP contribution in [0.25, 0.3) is 11.4 Å². The number of carbonyl (C=O) groups excluding carboxylic acids is 1. The minimum absolute atomic E-state index is 0.169. The van der Waals surface area contributed by atoms with Crippen molar-refractivity contribution in [3.8, 4) is 22.9 Å². The number of para-hydroxylation sites is 1. The molecule has 0 aliphatic rings. The van der Waals surface area contributed by atoms with Crippen molar-refractivity contribution in [2.24, 2.45) is 0 Å². The SMILES string of the molecule is COc1ccc(-c2noc(CN(C)C(=O)[C@@H](C)Oc3ccccc3C(C)C)n2)cc1. The number of aromatic nitrogens is 2. The third kappa shape index (κ3) is 4.97. The second kappa shape index (κ2) is 9.43. The largest absolute Gasteiger partial charge is 0.497 e. The fourth-order valence-electron chi connectivity index (χ4n) is 3.07. The lowest BCUT2D eigenvalue weighted by Gasteiger charge is -2.22. The first kappa shape index (κ1) is 21.4. The van der Waals surface area contributed by atoms with E-state index in [9.17, 15) is 4.79 Å². The number of rotatable bonds is 8. The molecule has 7 heteroatoms. The fourth-order valence-corrected chi connectivity index (χ4v) is 3.07. The number of amides is 1. The zero-order valence-electron chi connectivity index (χ0n) is 18.0. The van der Waals surface area contributed by atoms with E-state index in [1.54, 1.807) is 21.1 Å². The normalized spacial score (nSPS) is 11.9. The van der Waals surface area contributed by atoms with Gasteiger partial charge in [-0.25, -0.2) is 0 Å². The summed E-state index contributed by atoms with van der Waals surface area (Å²) in [7, 11) is 3.30. The van der Waals surface area contributed by atoms with E-state index in [1.807, 2.05) is 48.5 Å². The van der Waals surface area contributed by atoms with E-state index in [2.05, 4.69) is 24.0 Å². The zero-order valence-corrected chi connectivity index (χ0v) is 18.0. The van der Waals surface area contributed by atoms with Gasteiger partial charge in [-0.2, -0.15) is 4.98 Å². The standard InChI is InChI=1S/C23H27N3O4/c1-15(2)19-8-6-7-9-20(19)29-16(3)23(27)26(4)14-21-24-22(25-30-21)17-10-12-18(28-5)13-11-17/h6-13,15-16H,14H2,1-5H3/t16-/m1/s1. The zero-order chi connectivity index (χ0) is 21.7. The van der Waals surface area contributed by atoms with Crippen molar-refractivity contribution in [1.82, 2.24) is 15.0 Å². The van der Waals surface area contributed by atoms with Gasteiger partial charge in [0.25, 0.3) is 5.91 Å². The summed E-state index contributed by atoms with van der Waals surface area (Å²) in [6.07, 6.45) is -0.640. The van der Waals surface area contributed by atoms with Crippen LogP contribution >= 0.6 is 0 Å². The summed E-state index contributed by atoms with van der Waals surface area (Å²) in [4.78, 5) is 18.7. The lowest BCUT2D eigenvalue weighted by molar-refractivity contribution is -0.137. The Balaban J connectivity index is 1.63. The first-order valence-electron chi connectivity index (χ1n) is 9.86. The molecule has 0 spiro atoms. The lowest BCUT2D eigenvalue weighted by atomic mass is 10.0. The first-order valence-corrected chi connectivity index (χ1v) is 9.86. The summed E-state index contributed by atoms with van der Waals surface area (Å²) in [5, 5.41) is 4.00. The molecule has 7 nitrogen and oxygen atoms in total. The molecule has 2 aromatic carbocycles. The number of carbonyl (C=O) groups is 1. The molecule has 1 atom stereocenters. The van der Waals surface area contributed by atoms with E-state index in [4.69, 9.17) is 14.0 Å². The molecule has 1 aromatic heterocycles. The number of likely N-dealkylation sites (N-methyl/N-ethyl adjacent to an activating group) is 1. The maximum atomic E-state index is 12.8. The Morgan fingerprint density at radius 1 is 1.10 bits per heavy atom. The molecule has 158 valence electrons. The van der Waals surface area contributed by atoms with E-state index in [-0.39, 0.29) is 12.5 Å². The molecule has 3 rings (SSSR count). The Hall–Kier alpha value is -3.35. The highest BCUT2D eigenvalue weighted by molar-refractivity contribution is 5.80. The average Bonchev–Trinajstić information content (AvgIpc) is 3.21. The van der Waals surface area contributed by atoms with Crippen LogP contribution in [0.2, 0.25) is 0 Å². The molecular formula is C23H27N3O4. The van der Waals surface area contributed by atoms with Gasteiger partial charge in [-0.15, -0.1) is 0 Å². The van der Waals surface area contributed by atoms with Gasteiger partial charge in [-0.1, -0.05) is 37.2 Å². The van der Waals surface area contributed by atoms with E-state index >= 15 is 0 Å². The maximum Gasteiger partial charge on any atom is 0.263 e. The van der Waals surface area contributed by atoms with Crippen molar-refractivity contribution in [3.63, 3.8) is 0 Å². The molecule has 0 N–H and O–H groups in total. The molecule has 0 aliphatic heterocycles. The minimum atomic E-state index is -0.640. The number of hydrogen-bond acceptors (Lipinski definition) is 6. The summed E-state index contributed by atoms with van der Waals surface area (Å²) < 4.78 is 16.4. The van der Waals surface area contributed by atoms with Crippen LogP contribution in [0.1, 0.15) is 38.1 Å². The molecule has 0 saturated carbocycles. The van der Waals surface area contributed by atoms with Gasteiger partial charge in [-0.3, -0.25) is 4.79 Å². The molecule has 0 fully saturated rings. The Labute approximate surface area is 176 Å². The highest BCUT2D eigenvalue weighted by atomic mass is 16.5. The third-order valence-corrected chi connectivity index (χ3v) is 4.76. The van der Waals surface area contributed by atoms with Gasteiger partial charge in [0, 0.05) is 12.6 Å². The van der Waals surface area contributed by atoms with Crippen LogP contribution < -0.4 is 9.47 Å². The highest BCUT2D eigenvalue weighted by Gasteiger charge is 2.22. The molecule has 1 amide bonds. The van der Waals surface area contributed by atoms with Gasteiger partial charge in [-0.05, 0) is 48.7 Å². The summed E-state index contributed by atoms with van der Waals surface area (Å²) in [6, 6.07) is 15.1. The van der Waals surface area contributed by atoms with Crippen LogP contribution in [0.3, 0.4) is 0 Å². The van der Waals surface area contributed by atoms with Crippen LogP contribution in [0.15, 0.2) is 53.1 Å². The minimum Gasteiger partial charge on any atom is -0.497 e. The average molecular weight is 409 g/mol. The second-order valence-corrected chi connectivity index (χ2v) is 7.39. The molecule has 1 heterocycles. The molecular weight excluding hydrogens is 382 g/mol. The van der Waals surface area contributed by atoms with Crippen molar-refractivity contribution in [2.45, 2.75) is 39.3 Å². The van der Waals surface area contributed by atoms with Crippen molar-refractivity contribution in [1.29, 1.82) is 0 Å². The van der Waals surface area contributed by atoms with E-state index in [0.717, 1.165) is 22.6 Å². The number of ether oxygens (including phenoxy) is 2. The number of nitrogens with zero attached hydrogens (tertiary/aromatic N) is 3. The van der Waals surface area contributed by atoms with Crippen LogP contribution in [-0.2, 0) is 11.3 Å². The number of hydrogen-bond donors (Lipinski definition) is 0. The van der Waals surface area contributed by atoms with Gasteiger partial charge in [0.15, 0.2) is 6.10 Å².